The predicted octanol–water partition coefficient (Wildman–Crippen LogP) is 1.18. The topological polar surface area (TPSA) is 49.3 Å². The van der Waals surface area contributed by atoms with Crippen LogP contribution in [0.3, 0.4) is 0 Å². The van der Waals surface area contributed by atoms with E-state index in [1.165, 1.54) is 12.1 Å². The number of carbonyl (C=O) groups is 1. The zero-order valence-corrected chi connectivity index (χ0v) is 8.16. The molecule has 0 bridgehead atoms. The molecule has 1 unspecified atom stereocenters. The minimum Gasteiger partial charge on any atom is -0.385 e. The first-order valence-corrected chi connectivity index (χ1v) is 4.50. The van der Waals surface area contributed by atoms with Gasteiger partial charge in [0.15, 0.2) is 0 Å². The summed E-state index contributed by atoms with van der Waals surface area (Å²) in [6, 6.07) is 4.80. The van der Waals surface area contributed by atoms with Crippen LogP contribution in [0.2, 0.25) is 0 Å². The number of benzene rings is 1. The van der Waals surface area contributed by atoms with Gasteiger partial charge in [0.1, 0.15) is 11.9 Å². The molecular formula is C10H10F3NO2. The summed E-state index contributed by atoms with van der Waals surface area (Å²) >= 11 is 0. The van der Waals surface area contributed by atoms with E-state index in [2.05, 4.69) is 5.32 Å². The first-order valence-electron chi connectivity index (χ1n) is 4.50. The van der Waals surface area contributed by atoms with Gasteiger partial charge in [0.2, 0.25) is 0 Å². The summed E-state index contributed by atoms with van der Waals surface area (Å²) in [7, 11) is 0. The van der Waals surface area contributed by atoms with E-state index in [0.717, 1.165) is 12.1 Å². The summed E-state index contributed by atoms with van der Waals surface area (Å²) in [5.74, 6) is -1.30. The molecule has 1 rings (SSSR count). The number of rotatable bonds is 4. The third-order valence-electron chi connectivity index (χ3n) is 1.85. The molecule has 0 radical (unpaired) electrons. The molecule has 2 N–H and O–H groups in total. The van der Waals surface area contributed by atoms with E-state index < -0.39 is 30.8 Å². The van der Waals surface area contributed by atoms with Crippen LogP contribution in [0, 0.1) is 5.82 Å². The summed E-state index contributed by atoms with van der Waals surface area (Å²) in [5, 5.41) is 10.8. The second-order valence-corrected chi connectivity index (χ2v) is 3.12. The Morgan fingerprint density at radius 3 is 2.69 bits per heavy atom. The summed E-state index contributed by atoms with van der Waals surface area (Å²) in [6.07, 6.45) is -4.84. The number of hydrogen-bond acceptors (Lipinski definition) is 2. The maximum Gasteiger partial charge on any atom is 0.265 e. The van der Waals surface area contributed by atoms with Crippen LogP contribution in [-0.2, 0) is 0 Å². The van der Waals surface area contributed by atoms with Crippen LogP contribution in [0.25, 0.3) is 0 Å². The zero-order chi connectivity index (χ0) is 12.1. The molecule has 1 amide bonds. The van der Waals surface area contributed by atoms with Gasteiger partial charge in [0.25, 0.3) is 12.3 Å². The molecule has 0 heterocycles. The Kier molecular flexibility index (Phi) is 4.30. The highest BCUT2D eigenvalue weighted by atomic mass is 19.3. The predicted molar refractivity (Wildman–Crippen MR) is 50.7 cm³/mol. The largest absolute Gasteiger partial charge is 0.385 e. The second-order valence-electron chi connectivity index (χ2n) is 3.12. The van der Waals surface area contributed by atoms with E-state index >= 15 is 0 Å². The van der Waals surface area contributed by atoms with E-state index in [9.17, 15) is 18.0 Å². The van der Waals surface area contributed by atoms with Crippen LogP contribution in [0.15, 0.2) is 24.3 Å². The van der Waals surface area contributed by atoms with Gasteiger partial charge < -0.3 is 10.4 Å². The number of alkyl halides is 2. The zero-order valence-electron chi connectivity index (χ0n) is 8.16. The number of amides is 1. The van der Waals surface area contributed by atoms with Crippen LogP contribution >= 0.6 is 0 Å². The summed E-state index contributed by atoms with van der Waals surface area (Å²) in [4.78, 5) is 11.3. The van der Waals surface area contributed by atoms with Gasteiger partial charge in [-0.15, -0.1) is 0 Å². The Morgan fingerprint density at radius 1 is 1.44 bits per heavy atom. The Hall–Kier alpha value is -1.56. The molecule has 0 saturated carbocycles. The standard InChI is InChI=1S/C10H10F3NO2/c11-7-3-1-2-6(4-7)10(16)14-5-8(15)9(12)13/h1-4,8-9,15H,5H2,(H,14,16). The van der Waals surface area contributed by atoms with Crippen molar-refractivity contribution in [2.24, 2.45) is 0 Å². The van der Waals surface area contributed by atoms with Crippen LogP contribution in [-0.4, -0.2) is 30.1 Å². The maximum absolute atomic E-state index is 12.7. The molecule has 6 heteroatoms. The van der Waals surface area contributed by atoms with Gasteiger partial charge in [-0.25, -0.2) is 13.2 Å². The average Bonchev–Trinajstić information content (AvgIpc) is 2.25. The number of aliphatic hydroxyl groups is 1. The smallest absolute Gasteiger partial charge is 0.265 e. The lowest BCUT2D eigenvalue weighted by molar-refractivity contribution is -0.00270. The molecule has 3 nitrogen and oxygen atoms in total. The average molecular weight is 233 g/mol. The summed E-state index contributed by atoms with van der Waals surface area (Å²) in [5.41, 5.74) is 0.0152. The van der Waals surface area contributed by atoms with Gasteiger partial charge in [-0.3, -0.25) is 4.79 Å². The second kappa shape index (κ2) is 5.50. The lowest BCUT2D eigenvalue weighted by atomic mass is 10.2. The fourth-order valence-electron chi connectivity index (χ4n) is 1.02. The molecule has 0 aromatic heterocycles. The van der Waals surface area contributed by atoms with Crippen LogP contribution < -0.4 is 5.32 Å². The first kappa shape index (κ1) is 12.5. The molecule has 1 aromatic rings. The Labute approximate surface area is 89.9 Å². The van der Waals surface area contributed by atoms with E-state index in [-0.39, 0.29) is 5.56 Å². The van der Waals surface area contributed by atoms with E-state index in [1.54, 1.807) is 0 Å². The van der Waals surface area contributed by atoms with E-state index in [4.69, 9.17) is 5.11 Å². The van der Waals surface area contributed by atoms with Crippen molar-refractivity contribution in [3.05, 3.63) is 35.6 Å². The highest BCUT2D eigenvalue weighted by molar-refractivity contribution is 5.94. The number of nitrogens with one attached hydrogen (secondary N) is 1. The molecule has 16 heavy (non-hydrogen) atoms. The monoisotopic (exact) mass is 233 g/mol. The van der Waals surface area contributed by atoms with Crippen molar-refractivity contribution < 1.29 is 23.1 Å². The molecule has 0 aliphatic rings. The quantitative estimate of drug-likeness (QED) is 0.820. The van der Waals surface area contributed by atoms with E-state index in [0.29, 0.717) is 0 Å². The lowest BCUT2D eigenvalue weighted by Gasteiger charge is -2.10. The van der Waals surface area contributed by atoms with Crippen LogP contribution in [0.1, 0.15) is 10.4 Å². The van der Waals surface area contributed by atoms with Gasteiger partial charge in [0, 0.05) is 12.1 Å². The Bertz CT molecular complexity index is 371. The fourth-order valence-corrected chi connectivity index (χ4v) is 1.02. The SMILES string of the molecule is O=C(NCC(O)C(F)F)c1cccc(F)c1. The van der Waals surface area contributed by atoms with Crippen molar-refractivity contribution in [3.63, 3.8) is 0 Å². The van der Waals surface area contributed by atoms with Crippen LogP contribution in [0.5, 0.6) is 0 Å². The van der Waals surface area contributed by atoms with Crippen molar-refractivity contribution in [1.82, 2.24) is 5.32 Å². The van der Waals surface area contributed by atoms with Crippen molar-refractivity contribution in [2.45, 2.75) is 12.5 Å². The minimum atomic E-state index is -2.92. The van der Waals surface area contributed by atoms with Crippen molar-refractivity contribution >= 4 is 5.91 Å². The van der Waals surface area contributed by atoms with E-state index in [1.807, 2.05) is 0 Å². The molecule has 1 aromatic carbocycles. The normalized spacial score (nSPS) is 12.6. The maximum atomic E-state index is 12.7. The molecule has 0 spiro atoms. The first-order chi connectivity index (χ1) is 7.50. The molecule has 0 aliphatic carbocycles. The number of carbonyl (C=O) groups excluding carboxylic acids is 1. The number of aliphatic hydroxyl groups excluding tert-OH is 1. The third-order valence-corrected chi connectivity index (χ3v) is 1.85. The van der Waals surface area contributed by atoms with Gasteiger partial charge in [0.05, 0.1) is 0 Å². The highest BCUT2D eigenvalue weighted by Crippen LogP contribution is 2.04. The fraction of sp³-hybridized carbons (Fsp3) is 0.300. The Balaban J connectivity index is 2.53. The summed E-state index contributed by atoms with van der Waals surface area (Å²) < 4.78 is 36.5. The minimum absolute atomic E-state index is 0.0152. The third kappa shape index (κ3) is 3.54. The molecular weight excluding hydrogens is 223 g/mol. The summed E-state index contributed by atoms with van der Waals surface area (Å²) in [6.45, 7) is -0.576. The van der Waals surface area contributed by atoms with Crippen molar-refractivity contribution in [2.75, 3.05) is 6.54 Å². The Morgan fingerprint density at radius 2 is 2.12 bits per heavy atom. The molecule has 88 valence electrons. The van der Waals surface area contributed by atoms with Gasteiger partial charge in [-0.1, -0.05) is 6.07 Å². The lowest BCUT2D eigenvalue weighted by Crippen LogP contribution is -2.35. The van der Waals surface area contributed by atoms with Crippen molar-refractivity contribution in [1.29, 1.82) is 0 Å². The highest BCUT2D eigenvalue weighted by Gasteiger charge is 2.17. The molecule has 0 aliphatic heterocycles. The molecule has 0 fully saturated rings. The van der Waals surface area contributed by atoms with Crippen molar-refractivity contribution in [3.8, 4) is 0 Å². The van der Waals surface area contributed by atoms with Crippen LogP contribution in [0.4, 0.5) is 13.2 Å². The molecule has 1 atom stereocenters. The van der Waals surface area contributed by atoms with Gasteiger partial charge >= 0.3 is 0 Å². The number of hydrogen-bond donors (Lipinski definition) is 2. The number of halogens is 3. The van der Waals surface area contributed by atoms with Gasteiger partial charge in [-0.2, -0.15) is 0 Å². The van der Waals surface area contributed by atoms with Gasteiger partial charge in [-0.05, 0) is 18.2 Å². The molecule has 0 saturated heterocycles.